The molecule has 4 heteroatoms. The summed E-state index contributed by atoms with van der Waals surface area (Å²) < 4.78 is 0. The molecular weight excluding hydrogens is 290 g/mol. The van der Waals surface area contributed by atoms with E-state index >= 15 is 0 Å². The van der Waals surface area contributed by atoms with Gasteiger partial charge in [-0.1, -0.05) is 24.3 Å². The van der Waals surface area contributed by atoms with Crippen LogP contribution >= 0.6 is 0 Å². The number of hydrogen-bond donors (Lipinski definition) is 1. The third-order valence-corrected chi connectivity index (χ3v) is 4.36. The first-order valence-corrected chi connectivity index (χ1v) is 8.31. The van der Waals surface area contributed by atoms with Gasteiger partial charge in [-0.25, -0.2) is 4.79 Å². The van der Waals surface area contributed by atoms with E-state index in [-0.39, 0.29) is 5.91 Å². The molecule has 0 saturated carbocycles. The maximum absolute atomic E-state index is 12.2. The molecule has 0 radical (unpaired) electrons. The Morgan fingerprint density at radius 3 is 2.70 bits per heavy atom. The normalized spacial score (nSPS) is 17.8. The van der Waals surface area contributed by atoms with Crippen LogP contribution in [0.4, 0.5) is 0 Å². The standard InChI is InChI=1S/C19H25NO3/c1-2-3-4-5-6-18(21)20-12-11-16(14-20)13-15-7-9-17(10-8-15)19(22)23/h2-3,7-10,16H,4-6,11-14H2,1H3,(H,22,23). The zero-order chi connectivity index (χ0) is 16.7. The summed E-state index contributed by atoms with van der Waals surface area (Å²) in [5.41, 5.74) is 1.46. The number of carbonyl (C=O) groups is 2. The Balaban J connectivity index is 1.78. The molecule has 124 valence electrons. The molecule has 1 N–H and O–H groups in total. The average Bonchev–Trinajstić information content (AvgIpc) is 3.00. The maximum Gasteiger partial charge on any atom is 0.335 e. The van der Waals surface area contributed by atoms with E-state index in [1.165, 1.54) is 0 Å². The highest BCUT2D eigenvalue weighted by Crippen LogP contribution is 2.22. The molecule has 1 aromatic rings. The van der Waals surface area contributed by atoms with Crippen LogP contribution < -0.4 is 0 Å². The molecule has 0 aromatic heterocycles. The van der Waals surface area contributed by atoms with E-state index in [0.29, 0.717) is 17.9 Å². The molecule has 23 heavy (non-hydrogen) atoms. The van der Waals surface area contributed by atoms with E-state index in [1.54, 1.807) is 12.1 Å². The average molecular weight is 315 g/mol. The molecule has 1 aliphatic rings. The van der Waals surface area contributed by atoms with Gasteiger partial charge in [0.2, 0.25) is 5.91 Å². The quantitative estimate of drug-likeness (QED) is 0.618. The molecular formula is C19H25NO3. The fraction of sp³-hybridized carbons (Fsp3) is 0.474. The summed E-state index contributed by atoms with van der Waals surface area (Å²) in [6, 6.07) is 7.06. The van der Waals surface area contributed by atoms with Crippen molar-refractivity contribution in [3.05, 3.63) is 47.5 Å². The lowest BCUT2D eigenvalue weighted by Gasteiger charge is -2.16. The van der Waals surface area contributed by atoms with Crippen LogP contribution in [0.3, 0.4) is 0 Å². The summed E-state index contributed by atoms with van der Waals surface area (Å²) in [5.74, 6) is -0.157. The van der Waals surface area contributed by atoms with E-state index in [1.807, 2.05) is 30.0 Å². The Bertz CT molecular complexity index is 562. The fourth-order valence-corrected chi connectivity index (χ4v) is 3.04. The minimum absolute atomic E-state index is 0.262. The van der Waals surface area contributed by atoms with Crippen LogP contribution in [0.1, 0.15) is 48.5 Å². The zero-order valence-electron chi connectivity index (χ0n) is 13.7. The van der Waals surface area contributed by atoms with Gasteiger partial charge in [-0.2, -0.15) is 0 Å². The summed E-state index contributed by atoms with van der Waals surface area (Å²) in [7, 11) is 0. The second kappa shape index (κ2) is 8.51. The van der Waals surface area contributed by atoms with Crippen molar-refractivity contribution in [3.63, 3.8) is 0 Å². The lowest BCUT2D eigenvalue weighted by atomic mass is 9.98. The van der Waals surface area contributed by atoms with Crippen LogP contribution in [-0.2, 0) is 11.2 Å². The Labute approximate surface area is 137 Å². The molecule has 1 unspecified atom stereocenters. The van der Waals surface area contributed by atoms with E-state index in [4.69, 9.17) is 5.11 Å². The second-order valence-electron chi connectivity index (χ2n) is 6.16. The molecule has 2 rings (SSSR count). The van der Waals surface area contributed by atoms with Gasteiger partial charge in [0, 0.05) is 19.5 Å². The molecule has 0 bridgehead atoms. The van der Waals surface area contributed by atoms with Gasteiger partial charge in [-0.15, -0.1) is 0 Å². The number of carbonyl (C=O) groups excluding carboxylic acids is 1. The minimum atomic E-state index is -0.896. The molecule has 0 spiro atoms. The van der Waals surface area contributed by atoms with E-state index in [9.17, 15) is 9.59 Å². The van der Waals surface area contributed by atoms with Gasteiger partial charge >= 0.3 is 5.97 Å². The monoisotopic (exact) mass is 315 g/mol. The Kier molecular flexibility index (Phi) is 6.39. The Morgan fingerprint density at radius 2 is 2.04 bits per heavy atom. The van der Waals surface area contributed by atoms with Crippen LogP contribution in [0.25, 0.3) is 0 Å². The fourth-order valence-electron chi connectivity index (χ4n) is 3.04. The van der Waals surface area contributed by atoms with Crippen molar-refractivity contribution in [2.75, 3.05) is 13.1 Å². The number of hydrogen-bond acceptors (Lipinski definition) is 2. The number of likely N-dealkylation sites (tertiary alicyclic amines) is 1. The molecule has 1 fully saturated rings. The molecule has 1 amide bonds. The highest BCUT2D eigenvalue weighted by Gasteiger charge is 2.25. The van der Waals surface area contributed by atoms with E-state index in [2.05, 4.69) is 6.08 Å². The summed E-state index contributed by atoms with van der Waals surface area (Å²) in [6.45, 7) is 3.67. The van der Waals surface area contributed by atoms with Crippen LogP contribution in [-0.4, -0.2) is 35.0 Å². The predicted molar refractivity (Wildman–Crippen MR) is 90.5 cm³/mol. The van der Waals surface area contributed by atoms with Crippen molar-refractivity contribution in [3.8, 4) is 0 Å². The third-order valence-electron chi connectivity index (χ3n) is 4.36. The van der Waals surface area contributed by atoms with Gasteiger partial charge in [-0.05, 0) is 56.2 Å². The van der Waals surface area contributed by atoms with Gasteiger partial charge in [0.15, 0.2) is 0 Å². The van der Waals surface area contributed by atoms with Gasteiger partial charge in [0.1, 0.15) is 0 Å². The highest BCUT2D eigenvalue weighted by atomic mass is 16.4. The predicted octanol–water partition coefficient (Wildman–Crippen LogP) is 3.52. The number of aromatic carboxylic acids is 1. The van der Waals surface area contributed by atoms with Crippen LogP contribution in [0.15, 0.2) is 36.4 Å². The summed E-state index contributed by atoms with van der Waals surface area (Å²) in [4.78, 5) is 25.0. The SMILES string of the molecule is CC=CCCCC(=O)N1CCC(Cc2ccc(C(=O)O)cc2)C1. The number of allylic oxidation sites excluding steroid dienone is 2. The van der Waals surface area contributed by atoms with Crippen molar-refractivity contribution in [2.24, 2.45) is 5.92 Å². The van der Waals surface area contributed by atoms with Crippen molar-refractivity contribution < 1.29 is 14.7 Å². The molecule has 1 heterocycles. The summed E-state index contributed by atoms with van der Waals surface area (Å²) in [6.07, 6.45) is 8.57. The topological polar surface area (TPSA) is 57.6 Å². The van der Waals surface area contributed by atoms with E-state index < -0.39 is 5.97 Å². The molecule has 4 nitrogen and oxygen atoms in total. The van der Waals surface area contributed by atoms with Gasteiger partial charge in [0.25, 0.3) is 0 Å². The van der Waals surface area contributed by atoms with Crippen molar-refractivity contribution in [2.45, 2.75) is 39.0 Å². The number of benzene rings is 1. The number of rotatable bonds is 7. The maximum atomic E-state index is 12.2. The summed E-state index contributed by atoms with van der Waals surface area (Å²) in [5, 5.41) is 8.91. The van der Waals surface area contributed by atoms with E-state index in [0.717, 1.165) is 44.3 Å². The second-order valence-corrected chi connectivity index (χ2v) is 6.16. The molecule has 1 aromatic carbocycles. The molecule has 1 atom stereocenters. The van der Waals surface area contributed by atoms with Crippen LogP contribution in [0, 0.1) is 5.92 Å². The third kappa shape index (κ3) is 5.23. The largest absolute Gasteiger partial charge is 0.478 e. The molecule has 1 aliphatic heterocycles. The minimum Gasteiger partial charge on any atom is -0.478 e. The van der Waals surface area contributed by atoms with Crippen LogP contribution in [0.5, 0.6) is 0 Å². The smallest absolute Gasteiger partial charge is 0.335 e. The molecule has 1 saturated heterocycles. The number of nitrogens with zero attached hydrogens (tertiary/aromatic N) is 1. The van der Waals surface area contributed by atoms with Gasteiger partial charge in [-0.3, -0.25) is 4.79 Å². The van der Waals surface area contributed by atoms with Crippen molar-refractivity contribution >= 4 is 11.9 Å². The van der Waals surface area contributed by atoms with Crippen molar-refractivity contribution in [1.29, 1.82) is 0 Å². The lowest BCUT2D eigenvalue weighted by Crippen LogP contribution is -2.28. The number of unbranched alkanes of at least 4 members (excludes halogenated alkanes) is 1. The number of amides is 1. The summed E-state index contributed by atoms with van der Waals surface area (Å²) >= 11 is 0. The highest BCUT2D eigenvalue weighted by molar-refractivity contribution is 5.87. The van der Waals surface area contributed by atoms with Gasteiger partial charge < -0.3 is 10.0 Å². The molecule has 0 aliphatic carbocycles. The zero-order valence-corrected chi connectivity index (χ0v) is 13.7. The Hall–Kier alpha value is -2.10. The van der Waals surface area contributed by atoms with Crippen LogP contribution in [0.2, 0.25) is 0 Å². The first-order valence-electron chi connectivity index (χ1n) is 8.31. The number of carboxylic acids is 1. The van der Waals surface area contributed by atoms with Crippen molar-refractivity contribution in [1.82, 2.24) is 4.90 Å². The Morgan fingerprint density at radius 1 is 1.30 bits per heavy atom. The first kappa shape index (κ1) is 17.3. The van der Waals surface area contributed by atoms with Gasteiger partial charge in [0.05, 0.1) is 5.56 Å². The number of carboxylic acid groups (broad SMARTS) is 1. The first-order chi connectivity index (χ1) is 11.1. The lowest BCUT2D eigenvalue weighted by molar-refractivity contribution is -0.130.